The zero-order chi connectivity index (χ0) is 12.8. The van der Waals surface area contributed by atoms with E-state index in [-0.39, 0.29) is 23.7 Å². The third kappa shape index (κ3) is 7.02. The number of aliphatic hydroxyl groups excluding tert-OH is 1. The summed E-state index contributed by atoms with van der Waals surface area (Å²) in [6, 6.07) is 0. The van der Waals surface area contributed by atoms with E-state index in [4.69, 9.17) is 4.74 Å². The van der Waals surface area contributed by atoms with Gasteiger partial charge in [0.15, 0.2) is 0 Å². The maximum absolute atomic E-state index is 9.55. The Bertz CT molecular complexity index is 197. The van der Waals surface area contributed by atoms with Gasteiger partial charge in [0.05, 0.1) is 17.8 Å². The molecule has 0 aliphatic carbocycles. The summed E-state index contributed by atoms with van der Waals surface area (Å²) < 4.78 is 5.82. The van der Waals surface area contributed by atoms with Gasteiger partial charge in [-0.05, 0) is 46.5 Å². The molecule has 0 rings (SSSR count). The molecule has 0 spiro atoms. The molecule has 2 unspecified atom stereocenters. The normalized spacial score (nSPS) is 16.2. The van der Waals surface area contributed by atoms with Gasteiger partial charge in [-0.25, -0.2) is 0 Å². The number of aliphatic hydroxyl groups is 1. The van der Waals surface area contributed by atoms with Crippen molar-refractivity contribution in [1.29, 1.82) is 0 Å². The molecule has 0 aromatic heterocycles. The second-order valence-electron chi connectivity index (χ2n) is 5.52. The fraction of sp³-hybridized carbons (Fsp3) is 0.857. The Balaban J connectivity index is 3.84. The summed E-state index contributed by atoms with van der Waals surface area (Å²) in [5.41, 5.74) is -0.0625. The van der Waals surface area contributed by atoms with Crippen LogP contribution in [0.25, 0.3) is 0 Å². The van der Waals surface area contributed by atoms with Gasteiger partial charge in [0.25, 0.3) is 0 Å². The SMILES string of the molecule is C=CC(O)C(C)CCCC(C)(C)OC(C)C. The van der Waals surface area contributed by atoms with Crippen LogP contribution in [0.4, 0.5) is 0 Å². The number of rotatable bonds is 8. The van der Waals surface area contributed by atoms with Gasteiger partial charge < -0.3 is 9.84 Å². The van der Waals surface area contributed by atoms with E-state index in [1.165, 1.54) is 0 Å². The Morgan fingerprint density at radius 3 is 2.31 bits per heavy atom. The molecule has 0 saturated heterocycles. The Labute approximate surface area is 101 Å². The van der Waals surface area contributed by atoms with Crippen LogP contribution in [0.2, 0.25) is 0 Å². The molecular weight excluding hydrogens is 200 g/mol. The molecule has 0 radical (unpaired) electrons. The Kier molecular flexibility index (Phi) is 6.93. The highest BCUT2D eigenvalue weighted by Gasteiger charge is 2.20. The van der Waals surface area contributed by atoms with Crippen LogP contribution in [-0.4, -0.2) is 22.9 Å². The van der Waals surface area contributed by atoms with E-state index >= 15 is 0 Å². The predicted octanol–water partition coefficient (Wildman–Crippen LogP) is 3.54. The maximum Gasteiger partial charge on any atom is 0.0743 e. The van der Waals surface area contributed by atoms with Crippen molar-refractivity contribution in [1.82, 2.24) is 0 Å². The van der Waals surface area contributed by atoms with Gasteiger partial charge in [0.1, 0.15) is 0 Å². The highest BCUT2D eigenvalue weighted by molar-refractivity contribution is 4.82. The van der Waals surface area contributed by atoms with E-state index in [2.05, 4.69) is 41.2 Å². The summed E-state index contributed by atoms with van der Waals surface area (Å²) >= 11 is 0. The molecule has 1 N–H and O–H groups in total. The van der Waals surface area contributed by atoms with Crippen molar-refractivity contribution in [3.63, 3.8) is 0 Å². The Hall–Kier alpha value is -0.340. The lowest BCUT2D eigenvalue weighted by Gasteiger charge is -2.28. The lowest BCUT2D eigenvalue weighted by Crippen LogP contribution is -2.28. The van der Waals surface area contributed by atoms with Gasteiger partial charge in [-0.1, -0.05) is 19.4 Å². The van der Waals surface area contributed by atoms with Crippen LogP contribution in [0.1, 0.15) is 53.9 Å². The van der Waals surface area contributed by atoms with E-state index in [1.54, 1.807) is 6.08 Å². The first-order valence-corrected chi connectivity index (χ1v) is 6.27. The van der Waals surface area contributed by atoms with Crippen LogP contribution in [0.3, 0.4) is 0 Å². The lowest BCUT2D eigenvalue weighted by atomic mass is 9.93. The summed E-state index contributed by atoms with van der Waals surface area (Å²) in [5.74, 6) is 0.285. The summed E-state index contributed by atoms with van der Waals surface area (Å²) in [5, 5.41) is 9.55. The molecule has 0 heterocycles. The van der Waals surface area contributed by atoms with Crippen molar-refractivity contribution in [2.24, 2.45) is 5.92 Å². The molecular formula is C14H28O2. The summed E-state index contributed by atoms with van der Waals surface area (Å²) in [4.78, 5) is 0. The molecule has 2 atom stereocenters. The molecule has 0 bridgehead atoms. The Morgan fingerprint density at radius 2 is 1.88 bits per heavy atom. The zero-order valence-corrected chi connectivity index (χ0v) is 11.5. The minimum atomic E-state index is -0.380. The smallest absolute Gasteiger partial charge is 0.0743 e. The molecule has 16 heavy (non-hydrogen) atoms. The molecule has 0 aliphatic rings. The quantitative estimate of drug-likeness (QED) is 0.644. The second-order valence-corrected chi connectivity index (χ2v) is 5.52. The molecule has 0 aromatic carbocycles. The largest absolute Gasteiger partial charge is 0.389 e. The second kappa shape index (κ2) is 7.08. The highest BCUT2D eigenvalue weighted by Crippen LogP contribution is 2.22. The molecule has 2 heteroatoms. The summed E-state index contributed by atoms with van der Waals surface area (Å²) in [6.45, 7) is 14.0. The summed E-state index contributed by atoms with van der Waals surface area (Å²) in [7, 11) is 0. The van der Waals surface area contributed by atoms with Gasteiger partial charge >= 0.3 is 0 Å². The minimum Gasteiger partial charge on any atom is -0.389 e. The molecule has 2 nitrogen and oxygen atoms in total. The first kappa shape index (κ1) is 15.7. The molecule has 0 aromatic rings. The van der Waals surface area contributed by atoms with Crippen molar-refractivity contribution in [2.45, 2.75) is 71.7 Å². The van der Waals surface area contributed by atoms with E-state index in [0.29, 0.717) is 0 Å². The van der Waals surface area contributed by atoms with Crippen molar-refractivity contribution in [3.05, 3.63) is 12.7 Å². The van der Waals surface area contributed by atoms with Crippen LogP contribution in [-0.2, 0) is 4.74 Å². The van der Waals surface area contributed by atoms with E-state index in [9.17, 15) is 5.11 Å². The first-order valence-electron chi connectivity index (χ1n) is 6.27. The van der Waals surface area contributed by atoms with Gasteiger partial charge in [0, 0.05) is 0 Å². The van der Waals surface area contributed by atoms with Gasteiger partial charge in [-0.15, -0.1) is 6.58 Å². The fourth-order valence-electron chi connectivity index (χ4n) is 1.95. The minimum absolute atomic E-state index is 0.0625. The first-order chi connectivity index (χ1) is 7.28. The van der Waals surface area contributed by atoms with E-state index < -0.39 is 0 Å². The van der Waals surface area contributed by atoms with E-state index in [1.807, 2.05) is 0 Å². The van der Waals surface area contributed by atoms with Crippen molar-refractivity contribution in [3.8, 4) is 0 Å². The average molecular weight is 228 g/mol. The molecule has 0 fully saturated rings. The standard InChI is InChI=1S/C14H28O2/c1-7-13(15)12(4)9-8-10-14(5,6)16-11(2)3/h7,11-13,15H,1,8-10H2,2-6H3. The monoisotopic (exact) mass is 228 g/mol. The van der Waals surface area contributed by atoms with Crippen molar-refractivity contribution < 1.29 is 9.84 Å². The van der Waals surface area contributed by atoms with Gasteiger partial charge in [-0.2, -0.15) is 0 Å². The maximum atomic E-state index is 9.55. The number of ether oxygens (including phenoxy) is 1. The highest BCUT2D eigenvalue weighted by atomic mass is 16.5. The molecule has 0 saturated carbocycles. The third-order valence-electron chi connectivity index (χ3n) is 2.82. The third-order valence-corrected chi connectivity index (χ3v) is 2.82. The van der Waals surface area contributed by atoms with Gasteiger partial charge in [-0.3, -0.25) is 0 Å². The Morgan fingerprint density at radius 1 is 1.31 bits per heavy atom. The zero-order valence-electron chi connectivity index (χ0n) is 11.5. The van der Waals surface area contributed by atoms with Crippen LogP contribution >= 0.6 is 0 Å². The van der Waals surface area contributed by atoms with Crippen LogP contribution in [0.5, 0.6) is 0 Å². The van der Waals surface area contributed by atoms with Crippen LogP contribution in [0, 0.1) is 5.92 Å². The number of hydrogen-bond acceptors (Lipinski definition) is 2. The van der Waals surface area contributed by atoms with Crippen molar-refractivity contribution >= 4 is 0 Å². The predicted molar refractivity (Wildman–Crippen MR) is 69.5 cm³/mol. The van der Waals surface area contributed by atoms with Crippen LogP contribution in [0.15, 0.2) is 12.7 Å². The molecule has 0 aliphatic heterocycles. The fourth-order valence-corrected chi connectivity index (χ4v) is 1.95. The topological polar surface area (TPSA) is 29.5 Å². The van der Waals surface area contributed by atoms with Crippen LogP contribution < -0.4 is 0 Å². The van der Waals surface area contributed by atoms with Gasteiger partial charge in [0.2, 0.25) is 0 Å². The van der Waals surface area contributed by atoms with Crippen molar-refractivity contribution in [2.75, 3.05) is 0 Å². The molecule has 0 amide bonds. The van der Waals surface area contributed by atoms with E-state index in [0.717, 1.165) is 19.3 Å². The molecule has 96 valence electrons. The lowest BCUT2D eigenvalue weighted by molar-refractivity contribution is -0.0622. The number of hydrogen-bond donors (Lipinski definition) is 1. The summed E-state index contributed by atoms with van der Waals surface area (Å²) in [6.07, 6.45) is 4.62. The average Bonchev–Trinajstić information content (AvgIpc) is 2.13.